The Balaban J connectivity index is 2.78. The van der Waals surface area contributed by atoms with E-state index in [0.29, 0.717) is 12.0 Å². The van der Waals surface area contributed by atoms with E-state index in [1.165, 1.54) is 5.69 Å². The van der Waals surface area contributed by atoms with E-state index in [4.69, 9.17) is 0 Å². The van der Waals surface area contributed by atoms with E-state index >= 15 is 0 Å². The molecule has 0 aromatic carbocycles. The normalized spacial score (nSPS) is 13.3. The summed E-state index contributed by atoms with van der Waals surface area (Å²) in [6.45, 7) is 10.8. The minimum atomic E-state index is 0.362. The van der Waals surface area contributed by atoms with Crippen LogP contribution >= 0.6 is 0 Å². The van der Waals surface area contributed by atoms with Crippen LogP contribution in [0.2, 0.25) is 0 Å². The molecule has 1 heterocycles. The molecule has 16 heavy (non-hydrogen) atoms. The van der Waals surface area contributed by atoms with E-state index in [2.05, 4.69) is 43.3 Å². The van der Waals surface area contributed by atoms with Crippen molar-refractivity contribution < 1.29 is 0 Å². The SMILES string of the molecule is CCCNC(c1cnnn1CCC)C(C)C. The molecule has 0 aliphatic carbocycles. The van der Waals surface area contributed by atoms with E-state index < -0.39 is 0 Å². The Labute approximate surface area is 98.4 Å². The smallest absolute Gasteiger partial charge is 0.0759 e. The van der Waals surface area contributed by atoms with E-state index in [1.807, 2.05) is 10.9 Å². The minimum absolute atomic E-state index is 0.362. The maximum absolute atomic E-state index is 4.14. The van der Waals surface area contributed by atoms with E-state index in [9.17, 15) is 0 Å². The lowest BCUT2D eigenvalue weighted by Crippen LogP contribution is -2.28. The summed E-state index contributed by atoms with van der Waals surface area (Å²) in [4.78, 5) is 0. The molecule has 1 rings (SSSR count). The summed E-state index contributed by atoms with van der Waals surface area (Å²) in [6, 6.07) is 0.362. The highest BCUT2D eigenvalue weighted by molar-refractivity contribution is 5.03. The molecule has 0 saturated heterocycles. The number of rotatable bonds is 7. The van der Waals surface area contributed by atoms with Gasteiger partial charge in [0.1, 0.15) is 0 Å². The zero-order valence-corrected chi connectivity index (χ0v) is 10.9. The Hall–Kier alpha value is -0.900. The molecule has 0 amide bonds. The first kappa shape index (κ1) is 13.2. The summed E-state index contributed by atoms with van der Waals surface area (Å²) in [5.74, 6) is 0.556. The molecule has 0 spiro atoms. The van der Waals surface area contributed by atoms with Gasteiger partial charge in [-0.25, -0.2) is 4.68 Å². The van der Waals surface area contributed by atoms with Crippen LogP contribution in [0, 0.1) is 5.92 Å². The van der Waals surface area contributed by atoms with Gasteiger partial charge < -0.3 is 5.32 Å². The van der Waals surface area contributed by atoms with Gasteiger partial charge in [-0.2, -0.15) is 0 Å². The van der Waals surface area contributed by atoms with Crippen LogP contribution in [-0.2, 0) is 6.54 Å². The van der Waals surface area contributed by atoms with Crippen molar-refractivity contribution in [2.75, 3.05) is 6.54 Å². The summed E-state index contributed by atoms with van der Waals surface area (Å²) >= 11 is 0. The van der Waals surface area contributed by atoms with Crippen molar-refractivity contribution in [2.45, 2.75) is 53.1 Å². The van der Waals surface area contributed by atoms with Crippen LogP contribution in [0.25, 0.3) is 0 Å². The van der Waals surface area contributed by atoms with Crippen LogP contribution in [-0.4, -0.2) is 21.5 Å². The quantitative estimate of drug-likeness (QED) is 0.773. The van der Waals surface area contributed by atoms with Gasteiger partial charge in [-0.1, -0.05) is 32.9 Å². The molecular weight excluding hydrogens is 200 g/mol. The average molecular weight is 224 g/mol. The average Bonchev–Trinajstić information content (AvgIpc) is 2.67. The van der Waals surface area contributed by atoms with E-state index in [1.54, 1.807) is 0 Å². The van der Waals surface area contributed by atoms with Crippen molar-refractivity contribution in [1.82, 2.24) is 20.3 Å². The standard InChI is InChI=1S/C12H24N4/c1-5-7-13-12(10(3)4)11-9-14-15-16(11)8-6-2/h9-10,12-13H,5-8H2,1-4H3. The fourth-order valence-corrected chi connectivity index (χ4v) is 1.87. The summed E-state index contributed by atoms with van der Waals surface area (Å²) in [6.07, 6.45) is 4.14. The zero-order chi connectivity index (χ0) is 12.0. The molecule has 0 saturated carbocycles. The number of aryl methyl sites for hydroxylation is 1. The third kappa shape index (κ3) is 3.30. The van der Waals surface area contributed by atoms with E-state index in [-0.39, 0.29) is 0 Å². The second-order valence-corrected chi connectivity index (χ2v) is 4.56. The highest BCUT2D eigenvalue weighted by atomic mass is 15.4. The Morgan fingerprint density at radius 1 is 1.31 bits per heavy atom. The van der Waals surface area contributed by atoms with Gasteiger partial charge in [-0.05, 0) is 25.3 Å². The minimum Gasteiger partial charge on any atom is -0.308 e. The molecule has 0 aliphatic rings. The predicted molar refractivity (Wildman–Crippen MR) is 66.2 cm³/mol. The van der Waals surface area contributed by atoms with Crippen LogP contribution in [0.5, 0.6) is 0 Å². The highest BCUT2D eigenvalue weighted by Gasteiger charge is 2.19. The number of hydrogen-bond acceptors (Lipinski definition) is 3. The molecular formula is C12H24N4. The molecule has 1 N–H and O–H groups in total. The monoisotopic (exact) mass is 224 g/mol. The van der Waals surface area contributed by atoms with Gasteiger partial charge in [0.15, 0.2) is 0 Å². The van der Waals surface area contributed by atoms with Crippen LogP contribution in [0.1, 0.15) is 52.3 Å². The predicted octanol–water partition coefficient (Wildman–Crippen LogP) is 2.38. The van der Waals surface area contributed by atoms with Gasteiger partial charge in [0, 0.05) is 6.54 Å². The lowest BCUT2D eigenvalue weighted by Gasteiger charge is -2.22. The first-order chi connectivity index (χ1) is 7.70. The first-order valence-electron chi connectivity index (χ1n) is 6.32. The molecule has 0 aliphatic heterocycles. The Kier molecular flexibility index (Phi) is 5.46. The Morgan fingerprint density at radius 3 is 2.62 bits per heavy atom. The van der Waals surface area contributed by atoms with Gasteiger partial charge in [0.25, 0.3) is 0 Å². The fourth-order valence-electron chi connectivity index (χ4n) is 1.87. The topological polar surface area (TPSA) is 42.7 Å². The molecule has 4 heteroatoms. The summed E-state index contributed by atoms with van der Waals surface area (Å²) < 4.78 is 2.02. The van der Waals surface area contributed by atoms with Crippen LogP contribution in [0.4, 0.5) is 0 Å². The third-order valence-corrected chi connectivity index (χ3v) is 2.68. The Bertz CT molecular complexity index is 293. The molecule has 0 fully saturated rings. The molecule has 4 nitrogen and oxygen atoms in total. The largest absolute Gasteiger partial charge is 0.308 e. The maximum Gasteiger partial charge on any atom is 0.0759 e. The van der Waals surface area contributed by atoms with Gasteiger partial charge in [-0.15, -0.1) is 5.10 Å². The van der Waals surface area contributed by atoms with Crippen molar-refractivity contribution >= 4 is 0 Å². The number of nitrogens with one attached hydrogen (secondary N) is 1. The molecule has 0 radical (unpaired) electrons. The molecule has 0 bridgehead atoms. The van der Waals surface area contributed by atoms with Gasteiger partial charge in [0.05, 0.1) is 17.9 Å². The molecule has 1 unspecified atom stereocenters. The summed E-state index contributed by atoms with van der Waals surface area (Å²) in [5, 5.41) is 11.7. The Morgan fingerprint density at radius 2 is 2.06 bits per heavy atom. The second kappa shape index (κ2) is 6.63. The molecule has 92 valence electrons. The summed E-state index contributed by atoms with van der Waals surface area (Å²) in [7, 11) is 0. The van der Waals surface area contributed by atoms with E-state index in [0.717, 1.165) is 25.9 Å². The number of nitrogens with zero attached hydrogens (tertiary/aromatic N) is 3. The highest BCUT2D eigenvalue weighted by Crippen LogP contribution is 2.20. The number of aromatic nitrogens is 3. The van der Waals surface area contributed by atoms with Crippen LogP contribution in [0.3, 0.4) is 0 Å². The third-order valence-electron chi connectivity index (χ3n) is 2.68. The molecule has 1 aromatic heterocycles. The maximum atomic E-state index is 4.14. The van der Waals surface area contributed by atoms with Crippen molar-refractivity contribution in [3.8, 4) is 0 Å². The second-order valence-electron chi connectivity index (χ2n) is 4.56. The molecule has 1 atom stereocenters. The van der Waals surface area contributed by atoms with Crippen molar-refractivity contribution in [2.24, 2.45) is 5.92 Å². The lowest BCUT2D eigenvalue weighted by molar-refractivity contribution is 0.380. The summed E-state index contributed by atoms with van der Waals surface area (Å²) in [5.41, 5.74) is 1.21. The first-order valence-corrected chi connectivity index (χ1v) is 6.32. The van der Waals surface area contributed by atoms with Crippen LogP contribution < -0.4 is 5.32 Å². The van der Waals surface area contributed by atoms with Gasteiger partial charge in [0.2, 0.25) is 0 Å². The van der Waals surface area contributed by atoms with Crippen molar-refractivity contribution in [3.05, 3.63) is 11.9 Å². The van der Waals surface area contributed by atoms with Gasteiger partial charge >= 0.3 is 0 Å². The van der Waals surface area contributed by atoms with Gasteiger partial charge in [-0.3, -0.25) is 0 Å². The lowest BCUT2D eigenvalue weighted by atomic mass is 10.0. The fraction of sp³-hybridized carbons (Fsp3) is 0.833. The van der Waals surface area contributed by atoms with Crippen molar-refractivity contribution in [3.63, 3.8) is 0 Å². The van der Waals surface area contributed by atoms with Crippen molar-refractivity contribution in [1.29, 1.82) is 0 Å². The molecule has 1 aromatic rings. The van der Waals surface area contributed by atoms with Crippen LogP contribution in [0.15, 0.2) is 6.20 Å². The zero-order valence-electron chi connectivity index (χ0n) is 10.9. The number of hydrogen-bond donors (Lipinski definition) is 1.